The van der Waals surface area contributed by atoms with E-state index >= 15 is 0 Å². The molecule has 0 radical (unpaired) electrons. The summed E-state index contributed by atoms with van der Waals surface area (Å²) in [5.41, 5.74) is 9.12. The van der Waals surface area contributed by atoms with E-state index in [-0.39, 0.29) is 5.95 Å². The van der Waals surface area contributed by atoms with Crippen LogP contribution in [0.1, 0.15) is 5.56 Å². The van der Waals surface area contributed by atoms with Crippen LogP contribution in [0.5, 0.6) is 0 Å². The summed E-state index contributed by atoms with van der Waals surface area (Å²) < 4.78 is 0. The van der Waals surface area contributed by atoms with E-state index in [2.05, 4.69) is 21.0 Å². The summed E-state index contributed by atoms with van der Waals surface area (Å²) in [6.07, 6.45) is 0. The predicted molar refractivity (Wildman–Crippen MR) is 61.8 cm³/mol. The minimum Gasteiger partial charge on any atom is -0.365 e. The van der Waals surface area contributed by atoms with Gasteiger partial charge in [-0.15, -0.1) is 4.79 Å². The smallest absolute Gasteiger partial charge is 0.260 e. The molecule has 84 valence electrons. The van der Waals surface area contributed by atoms with Crippen molar-refractivity contribution in [3.8, 4) is 0 Å². The lowest BCUT2D eigenvalue weighted by Gasteiger charge is -2.08. The monoisotopic (exact) mass is 258 g/mol. The topological polar surface area (TPSA) is 81.7 Å². The molecule has 16 heavy (non-hydrogen) atoms. The molecule has 2 rings (SSSR count). The van der Waals surface area contributed by atoms with Crippen molar-refractivity contribution in [3.63, 3.8) is 0 Å². The quantitative estimate of drug-likeness (QED) is 0.868. The number of nitrogen functional groups attached to an aromatic ring is 1. The van der Waals surface area contributed by atoms with Gasteiger partial charge in [-0.2, -0.15) is 0 Å². The summed E-state index contributed by atoms with van der Waals surface area (Å²) >= 11 is 12.0. The lowest BCUT2D eigenvalue weighted by molar-refractivity contribution is 0.693. The van der Waals surface area contributed by atoms with Gasteiger partial charge in [0.25, 0.3) is 5.95 Å². The highest BCUT2D eigenvalue weighted by Crippen LogP contribution is 2.24. The Morgan fingerprint density at radius 3 is 2.56 bits per heavy atom. The highest BCUT2D eigenvalue weighted by atomic mass is 35.5. The SMILES string of the molecule is Nc1nnnn1NCc1c(Cl)cccc1Cl. The molecule has 0 amide bonds. The summed E-state index contributed by atoms with van der Waals surface area (Å²) in [5, 5.41) is 11.7. The average Bonchev–Trinajstić information content (AvgIpc) is 2.64. The fraction of sp³-hybridized carbons (Fsp3) is 0.125. The number of benzene rings is 1. The fourth-order valence-electron chi connectivity index (χ4n) is 1.16. The molecule has 0 aliphatic carbocycles. The first-order valence-corrected chi connectivity index (χ1v) is 5.14. The van der Waals surface area contributed by atoms with Crippen LogP contribution >= 0.6 is 23.2 Å². The fourth-order valence-corrected chi connectivity index (χ4v) is 1.69. The number of tetrazole rings is 1. The van der Waals surface area contributed by atoms with Gasteiger partial charge in [0.15, 0.2) is 0 Å². The van der Waals surface area contributed by atoms with Crippen molar-refractivity contribution in [2.75, 3.05) is 11.2 Å². The molecule has 1 aromatic heterocycles. The Bertz CT molecular complexity index is 477. The minimum absolute atomic E-state index is 0.170. The highest BCUT2D eigenvalue weighted by Gasteiger charge is 2.06. The van der Waals surface area contributed by atoms with Gasteiger partial charge in [0.1, 0.15) is 0 Å². The van der Waals surface area contributed by atoms with Gasteiger partial charge in [-0.05, 0) is 22.6 Å². The van der Waals surface area contributed by atoms with E-state index in [4.69, 9.17) is 28.9 Å². The lowest BCUT2D eigenvalue weighted by atomic mass is 10.2. The third-order valence-corrected chi connectivity index (χ3v) is 2.67. The Labute approximate surface area is 101 Å². The van der Waals surface area contributed by atoms with Gasteiger partial charge >= 0.3 is 0 Å². The van der Waals surface area contributed by atoms with E-state index in [1.807, 2.05) is 0 Å². The van der Waals surface area contributed by atoms with Gasteiger partial charge in [-0.1, -0.05) is 34.4 Å². The van der Waals surface area contributed by atoms with Crippen LogP contribution in [0.2, 0.25) is 10.0 Å². The van der Waals surface area contributed by atoms with Crippen molar-refractivity contribution in [3.05, 3.63) is 33.8 Å². The molecular weight excluding hydrogens is 251 g/mol. The first-order valence-electron chi connectivity index (χ1n) is 4.39. The van der Waals surface area contributed by atoms with Crippen LogP contribution in [0.15, 0.2) is 18.2 Å². The van der Waals surface area contributed by atoms with Crippen molar-refractivity contribution in [1.29, 1.82) is 0 Å². The summed E-state index contributed by atoms with van der Waals surface area (Å²) in [6, 6.07) is 5.29. The van der Waals surface area contributed by atoms with E-state index < -0.39 is 0 Å². The number of nitrogens with two attached hydrogens (primary N) is 1. The lowest BCUT2D eigenvalue weighted by Crippen LogP contribution is -2.18. The van der Waals surface area contributed by atoms with E-state index in [1.165, 1.54) is 4.79 Å². The summed E-state index contributed by atoms with van der Waals surface area (Å²) in [5.74, 6) is 0.170. The first-order chi connectivity index (χ1) is 7.68. The maximum Gasteiger partial charge on any atom is 0.260 e. The highest BCUT2D eigenvalue weighted by molar-refractivity contribution is 6.35. The minimum atomic E-state index is 0.170. The van der Waals surface area contributed by atoms with Crippen molar-refractivity contribution in [2.24, 2.45) is 0 Å². The molecule has 6 nitrogen and oxygen atoms in total. The molecule has 0 spiro atoms. The van der Waals surface area contributed by atoms with Crippen molar-refractivity contribution < 1.29 is 0 Å². The van der Waals surface area contributed by atoms with Gasteiger partial charge in [0, 0.05) is 15.6 Å². The number of halogens is 2. The van der Waals surface area contributed by atoms with Gasteiger partial charge in [0.2, 0.25) is 0 Å². The molecule has 0 aliphatic heterocycles. The maximum absolute atomic E-state index is 5.99. The Morgan fingerprint density at radius 1 is 1.31 bits per heavy atom. The number of nitrogens with zero attached hydrogens (tertiary/aromatic N) is 4. The summed E-state index contributed by atoms with van der Waals surface area (Å²) in [6.45, 7) is 0.383. The van der Waals surface area contributed by atoms with Crippen LogP contribution in [-0.2, 0) is 6.54 Å². The Morgan fingerprint density at radius 2 is 2.00 bits per heavy atom. The normalized spacial score (nSPS) is 10.4. The van der Waals surface area contributed by atoms with Crippen LogP contribution in [0, 0.1) is 0 Å². The van der Waals surface area contributed by atoms with Gasteiger partial charge < -0.3 is 11.2 Å². The van der Waals surface area contributed by atoms with Crippen LogP contribution in [0.4, 0.5) is 5.95 Å². The summed E-state index contributed by atoms with van der Waals surface area (Å²) in [4.78, 5) is 1.25. The number of hydrogen-bond acceptors (Lipinski definition) is 5. The average molecular weight is 259 g/mol. The standard InChI is InChI=1S/C8H8Cl2N6/c9-6-2-1-3-7(10)5(6)4-12-16-8(11)13-14-15-16/h1-3,12H,4H2,(H2,11,13,15). The Balaban J connectivity index is 2.14. The molecule has 1 aromatic carbocycles. The van der Waals surface area contributed by atoms with Gasteiger partial charge in [-0.3, -0.25) is 0 Å². The molecule has 0 atom stereocenters. The van der Waals surface area contributed by atoms with Crippen molar-refractivity contribution in [2.45, 2.75) is 6.54 Å². The van der Waals surface area contributed by atoms with Gasteiger partial charge in [-0.25, -0.2) is 0 Å². The second-order valence-electron chi connectivity index (χ2n) is 2.98. The second-order valence-corrected chi connectivity index (χ2v) is 3.80. The molecule has 0 fully saturated rings. The largest absolute Gasteiger partial charge is 0.365 e. The Hall–Kier alpha value is -1.53. The van der Waals surface area contributed by atoms with Crippen LogP contribution in [0.3, 0.4) is 0 Å². The molecule has 3 N–H and O–H groups in total. The molecule has 0 saturated heterocycles. The molecule has 0 saturated carbocycles. The van der Waals surface area contributed by atoms with Crippen molar-refractivity contribution in [1.82, 2.24) is 20.3 Å². The van der Waals surface area contributed by atoms with Crippen LogP contribution in [0.25, 0.3) is 0 Å². The van der Waals surface area contributed by atoms with E-state index in [9.17, 15) is 0 Å². The molecule has 1 heterocycles. The zero-order valence-electron chi connectivity index (χ0n) is 8.06. The molecule has 2 aromatic rings. The zero-order chi connectivity index (χ0) is 11.5. The van der Waals surface area contributed by atoms with E-state index in [1.54, 1.807) is 18.2 Å². The third-order valence-electron chi connectivity index (χ3n) is 1.96. The zero-order valence-corrected chi connectivity index (χ0v) is 9.57. The molecule has 0 aliphatic rings. The van der Waals surface area contributed by atoms with E-state index in [0.717, 1.165) is 5.56 Å². The molecule has 0 bridgehead atoms. The number of anilines is 1. The Kier molecular flexibility index (Phi) is 3.12. The van der Waals surface area contributed by atoms with Crippen LogP contribution in [-0.4, -0.2) is 20.3 Å². The number of hydrogen-bond donors (Lipinski definition) is 2. The van der Waals surface area contributed by atoms with Crippen LogP contribution < -0.4 is 11.2 Å². The number of aromatic nitrogens is 4. The number of nitrogens with one attached hydrogen (secondary N) is 1. The second kappa shape index (κ2) is 4.54. The molecular formula is C8H8Cl2N6. The maximum atomic E-state index is 5.99. The first kappa shape index (κ1) is 11.0. The van der Waals surface area contributed by atoms with Crippen molar-refractivity contribution >= 4 is 29.2 Å². The predicted octanol–water partition coefficient (Wildman–Crippen LogP) is 1.31. The number of rotatable bonds is 3. The van der Waals surface area contributed by atoms with E-state index in [0.29, 0.717) is 16.6 Å². The molecule has 0 unspecified atom stereocenters. The van der Waals surface area contributed by atoms with Gasteiger partial charge in [0.05, 0.1) is 6.54 Å². The third kappa shape index (κ3) is 2.17. The summed E-state index contributed by atoms with van der Waals surface area (Å²) in [7, 11) is 0. The molecule has 8 heteroatoms.